The number of ether oxygens (including phenoxy) is 1. The summed E-state index contributed by atoms with van der Waals surface area (Å²) in [6.07, 6.45) is 5.02. The number of aromatic nitrogens is 2. The van der Waals surface area contributed by atoms with E-state index in [1.165, 1.54) is 0 Å². The van der Waals surface area contributed by atoms with Gasteiger partial charge in [-0.3, -0.25) is 0 Å². The van der Waals surface area contributed by atoms with Gasteiger partial charge in [-0.15, -0.1) is 0 Å². The maximum Gasteiger partial charge on any atom is 0.232 e. The minimum absolute atomic E-state index is 0.522. The lowest BCUT2D eigenvalue weighted by Crippen LogP contribution is -2.18. The molecular weight excluding hydrogens is 286 g/mol. The number of rotatable bonds is 4. The van der Waals surface area contributed by atoms with E-state index in [0.717, 1.165) is 10.0 Å². The van der Waals surface area contributed by atoms with Gasteiger partial charge in [-0.2, -0.15) is 4.98 Å². The van der Waals surface area contributed by atoms with Crippen LogP contribution in [0.2, 0.25) is 0 Å². The van der Waals surface area contributed by atoms with Crippen molar-refractivity contribution in [3.05, 3.63) is 34.8 Å². The predicted octanol–water partition coefficient (Wildman–Crippen LogP) is 2.48. The van der Waals surface area contributed by atoms with E-state index in [2.05, 4.69) is 25.9 Å². The minimum atomic E-state index is 0.522. The third-order valence-corrected chi connectivity index (χ3v) is 2.78. The quantitative estimate of drug-likeness (QED) is 0.868. The predicted molar refractivity (Wildman–Crippen MR) is 67.1 cm³/mol. The molecule has 0 aromatic carbocycles. The molecule has 0 bridgehead atoms. The standard InChI is InChI=1S/C11H12BrN3O2/c1-15(6-8-3-4-17-7-8)11-13-5-9(12)10(14-11)16-2/h3-5,7H,6H2,1-2H3. The Bertz CT molecular complexity index is 487. The molecular formula is C11H12BrN3O2. The number of hydrogen-bond acceptors (Lipinski definition) is 5. The zero-order valence-electron chi connectivity index (χ0n) is 9.55. The number of hydrogen-bond donors (Lipinski definition) is 0. The van der Waals surface area contributed by atoms with Crippen LogP contribution in [0.15, 0.2) is 33.7 Å². The Hall–Kier alpha value is -1.56. The largest absolute Gasteiger partial charge is 0.480 e. The molecule has 90 valence electrons. The van der Waals surface area contributed by atoms with Crippen molar-refractivity contribution < 1.29 is 9.15 Å². The fourth-order valence-electron chi connectivity index (χ4n) is 1.40. The molecule has 0 N–H and O–H groups in total. The Morgan fingerprint density at radius 2 is 2.35 bits per heavy atom. The molecule has 0 saturated carbocycles. The summed E-state index contributed by atoms with van der Waals surface area (Å²) >= 11 is 3.32. The van der Waals surface area contributed by atoms with Crippen LogP contribution in [0, 0.1) is 0 Å². The van der Waals surface area contributed by atoms with Crippen LogP contribution < -0.4 is 9.64 Å². The lowest BCUT2D eigenvalue weighted by molar-refractivity contribution is 0.394. The van der Waals surface area contributed by atoms with Gasteiger partial charge in [0.15, 0.2) is 0 Å². The second-order valence-electron chi connectivity index (χ2n) is 3.51. The fraction of sp³-hybridized carbons (Fsp3) is 0.273. The number of nitrogens with zero attached hydrogens (tertiary/aromatic N) is 3. The molecule has 0 radical (unpaired) electrons. The first kappa shape index (κ1) is 11.9. The summed E-state index contributed by atoms with van der Waals surface area (Å²) in [6.45, 7) is 0.682. The van der Waals surface area contributed by atoms with Gasteiger partial charge in [0.2, 0.25) is 11.8 Å². The number of furan rings is 1. The molecule has 2 rings (SSSR count). The summed E-state index contributed by atoms with van der Waals surface area (Å²) in [5.74, 6) is 1.13. The molecule has 0 amide bonds. The van der Waals surface area contributed by atoms with E-state index in [1.54, 1.807) is 25.8 Å². The molecule has 0 aliphatic rings. The molecule has 0 aliphatic heterocycles. The summed E-state index contributed by atoms with van der Waals surface area (Å²) < 4.78 is 10.9. The highest BCUT2D eigenvalue weighted by Crippen LogP contribution is 2.23. The second kappa shape index (κ2) is 5.18. The molecule has 0 atom stereocenters. The maximum absolute atomic E-state index is 5.13. The Morgan fingerprint density at radius 1 is 1.53 bits per heavy atom. The number of halogens is 1. The first-order valence-corrected chi connectivity index (χ1v) is 5.78. The van der Waals surface area contributed by atoms with Gasteiger partial charge in [-0.25, -0.2) is 4.98 Å². The van der Waals surface area contributed by atoms with Crippen molar-refractivity contribution in [2.24, 2.45) is 0 Å². The van der Waals surface area contributed by atoms with E-state index in [1.807, 2.05) is 18.0 Å². The Balaban J connectivity index is 2.16. The van der Waals surface area contributed by atoms with Crippen LogP contribution in [-0.2, 0) is 6.54 Å². The molecule has 5 nitrogen and oxygen atoms in total. The highest BCUT2D eigenvalue weighted by atomic mass is 79.9. The van der Waals surface area contributed by atoms with Gasteiger partial charge in [0.05, 0.1) is 30.3 Å². The average Bonchev–Trinajstić information content (AvgIpc) is 2.82. The third kappa shape index (κ3) is 2.76. The third-order valence-electron chi connectivity index (χ3n) is 2.23. The van der Waals surface area contributed by atoms with E-state index < -0.39 is 0 Å². The van der Waals surface area contributed by atoms with Crippen LogP contribution in [0.5, 0.6) is 5.88 Å². The Morgan fingerprint density at radius 3 is 3.00 bits per heavy atom. The summed E-state index contributed by atoms with van der Waals surface area (Å²) in [4.78, 5) is 10.4. The topological polar surface area (TPSA) is 51.4 Å². The molecule has 2 aromatic rings. The first-order valence-electron chi connectivity index (χ1n) is 4.99. The van der Waals surface area contributed by atoms with Gasteiger partial charge in [0.1, 0.15) is 0 Å². The zero-order chi connectivity index (χ0) is 12.3. The highest BCUT2D eigenvalue weighted by molar-refractivity contribution is 9.10. The molecule has 0 aliphatic carbocycles. The van der Waals surface area contributed by atoms with E-state index in [-0.39, 0.29) is 0 Å². The Labute approximate surface area is 108 Å². The molecule has 6 heteroatoms. The molecule has 0 unspecified atom stereocenters. The van der Waals surface area contributed by atoms with E-state index in [0.29, 0.717) is 18.4 Å². The first-order chi connectivity index (χ1) is 8.20. The van der Waals surface area contributed by atoms with Crippen molar-refractivity contribution in [3.8, 4) is 5.88 Å². The van der Waals surface area contributed by atoms with Crippen molar-refractivity contribution in [2.45, 2.75) is 6.54 Å². The smallest absolute Gasteiger partial charge is 0.232 e. The van der Waals surface area contributed by atoms with E-state index >= 15 is 0 Å². The second-order valence-corrected chi connectivity index (χ2v) is 4.37. The van der Waals surface area contributed by atoms with E-state index in [9.17, 15) is 0 Å². The van der Waals surface area contributed by atoms with Crippen molar-refractivity contribution in [2.75, 3.05) is 19.1 Å². The van der Waals surface area contributed by atoms with Crippen molar-refractivity contribution >= 4 is 21.9 Å². The average molecular weight is 298 g/mol. The molecule has 17 heavy (non-hydrogen) atoms. The number of anilines is 1. The maximum atomic E-state index is 5.13. The monoisotopic (exact) mass is 297 g/mol. The van der Waals surface area contributed by atoms with Gasteiger partial charge in [-0.1, -0.05) is 0 Å². The molecule has 0 fully saturated rings. The van der Waals surface area contributed by atoms with E-state index in [4.69, 9.17) is 9.15 Å². The van der Waals surface area contributed by atoms with Crippen LogP contribution in [0.3, 0.4) is 0 Å². The number of methoxy groups -OCH3 is 1. The Kier molecular flexibility index (Phi) is 3.63. The van der Waals surface area contributed by atoms with Gasteiger partial charge in [0.25, 0.3) is 0 Å². The van der Waals surface area contributed by atoms with Crippen LogP contribution in [-0.4, -0.2) is 24.1 Å². The minimum Gasteiger partial charge on any atom is -0.480 e. The van der Waals surface area contributed by atoms with Crippen molar-refractivity contribution in [3.63, 3.8) is 0 Å². The van der Waals surface area contributed by atoms with Crippen LogP contribution >= 0.6 is 15.9 Å². The van der Waals surface area contributed by atoms with Crippen molar-refractivity contribution in [1.29, 1.82) is 0 Å². The molecule has 2 aromatic heterocycles. The normalized spacial score (nSPS) is 10.3. The van der Waals surface area contributed by atoms with Gasteiger partial charge < -0.3 is 14.1 Å². The zero-order valence-corrected chi connectivity index (χ0v) is 11.1. The fourth-order valence-corrected chi connectivity index (χ4v) is 1.75. The molecule has 0 saturated heterocycles. The van der Waals surface area contributed by atoms with Gasteiger partial charge >= 0.3 is 0 Å². The van der Waals surface area contributed by atoms with Gasteiger partial charge in [-0.05, 0) is 22.0 Å². The summed E-state index contributed by atoms with van der Waals surface area (Å²) in [7, 11) is 3.49. The van der Waals surface area contributed by atoms with Crippen LogP contribution in [0.4, 0.5) is 5.95 Å². The summed E-state index contributed by atoms with van der Waals surface area (Å²) in [5.41, 5.74) is 1.07. The highest BCUT2D eigenvalue weighted by Gasteiger charge is 2.09. The van der Waals surface area contributed by atoms with Crippen molar-refractivity contribution in [1.82, 2.24) is 9.97 Å². The van der Waals surface area contributed by atoms with Crippen LogP contribution in [0.1, 0.15) is 5.56 Å². The summed E-state index contributed by atoms with van der Waals surface area (Å²) in [6, 6.07) is 1.91. The lowest BCUT2D eigenvalue weighted by Gasteiger charge is -2.16. The summed E-state index contributed by atoms with van der Waals surface area (Å²) in [5, 5.41) is 0. The van der Waals surface area contributed by atoms with Gasteiger partial charge in [0, 0.05) is 19.2 Å². The molecule has 0 spiro atoms. The SMILES string of the molecule is COc1nc(N(C)Cc2ccoc2)ncc1Br. The molecule has 2 heterocycles. The van der Waals surface area contributed by atoms with Crippen LogP contribution in [0.25, 0.3) is 0 Å². The lowest BCUT2D eigenvalue weighted by atomic mass is 10.3.